The first-order valence-corrected chi connectivity index (χ1v) is 8.48. The third-order valence-corrected chi connectivity index (χ3v) is 5.36. The molecule has 1 N–H and O–H groups in total. The topological polar surface area (TPSA) is 32.3 Å². The Labute approximate surface area is 127 Å². The van der Waals surface area contributed by atoms with E-state index in [1.54, 1.807) is 11.3 Å². The van der Waals surface area contributed by atoms with E-state index in [-0.39, 0.29) is 11.9 Å². The lowest BCUT2D eigenvalue weighted by atomic mass is 9.90. The molecule has 1 aromatic heterocycles. The minimum Gasteiger partial charge on any atom is -0.340 e. The van der Waals surface area contributed by atoms with Crippen molar-refractivity contribution in [2.24, 2.45) is 5.92 Å². The number of nitrogens with zero attached hydrogens (tertiary/aromatic N) is 1. The third kappa shape index (κ3) is 4.04. The molecule has 2 unspecified atom stereocenters. The summed E-state index contributed by atoms with van der Waals surface area (Å²) >= 11 is 5.12. The van der Waals surface area contributed by atoms with Gasteiger partial charge in [-0.05, 0) is 58.2 Å². The summed E-state index contributed by atoms with van der Waals surface area (Å²) in [7, 11) is 1.89. The lowest BCUT2D eigenvalue weighted by Crippen LogP contribution is -2.48. The zero-order valence-corrected chi connectivity index (χ0v) is 13.9. The number of amides is 1. The number of hydrogen-bond donors (Lipinski definition) is 1. The highest BCUT2D eigenvalue weighted by Crippen LogP contribution is 2.23. The Balaban J connectivity index is 1.91. The average Bonchev–Trinajstić information content (AvgIpc) is 2.83. The van der Waals surface area contributed by atoms with Gasteiger partial charge in [0.1, 0.15) is 0 Å². The molecule has 0 aromatic carbocycles. The van der Waals surface area contributed by atoms with Crippen LogP contribution in [0.3, 0.4) is 0 Å². The molecule has 5 heteroatoms. The largest absolute Gasteiger partial charge is 0.340 e. The molecule has 3 nitrogen and oxygen atoms in total. The van der Waals surface area contributed by atoms with Gasteiger partial charge in [-0.2, -0.15) is 0 Å². The van der Waals surface area contributed by atoms with Crippen molar-refractivity contribution in [3.63, 3.8) is 0 Å². The van der Waals surface area contributed by atoms with Gasteiger partial charge in [0.25, 0.3) is 0 Å². The SMILES string of the molecule is CCC1CCNC(C(=O)N(C)Cc2csc(Br)c2)C1. The van der Waals surface area contributed by atoms with Crippen molar-refractivity contribution in [3.8, 4) is 0 Å². The molecular formula is C14H21BrN2OS. The molecule has 1 aliphatic heterocycles. The second-order valence-corrected chi connectivity index (χ2v) is 7.55. The van der Waals surface area contributed by atoms with Crippen molar-refractivity contribution in [3.05, 3.63) is 20.8 Å². The van der Waals surface area contributed by atoms with Crippen molar-refractivity contribution in [2.45, 2.75) is 38.8 Å². The normalized spacial score (nSPS) is 23.3. The minimum atomic E-state index is 0.00535. The van der Waals surface area contributed by atoms with E-state index in [2.05, 4.69) is 39.6 Å². The molecular weight excluding hydrogens is 324 g/mol. The van der Waals surface area contributed by atoms with Gasteiger partial charge in [-0.3, -0.25) is 4.79 Å². The molecule has 1 fully saturated rings. The fourth-order valence-corrected chi connectivity index (χ4v) is 3.80. The molecule has 1 aliphatic rings. The van der Waals surface area contributed by atoms with Crippen LogP contribution in [0.15, 0.2) is 15.2 Å². The van der Waals surface area contributed by atoms with E-state index >= 15 is 0 Å². The maximum Gasteiger partial charge on any atom is 0.239 e. The van der Waals surface area contributed by atoms with Crippen LogP contribution in [0.25, 0.3) is 0 Å². The van der Waals surface area contributed by atoms with Crippen LogP contribution in [0.4, 0.5) is 0 Å². The number of carbonyl (C=O) groups excluding carboxylic acids is 1. The Morgan fingerprint density at radius 3 is 3.05 bits per heavy atom. The highest BCUT2D eigenvalue weighted by Gasteiger charge is 2.27. The van der Waals surface area contributed by atoms with Crippen LogP contribution in [0.1, 0.15) is 31.7 Å². The van der Waals surface area contributed by atoms with Gasteiger partial charge in [0.2, 0.25) is 5.91 Å². The molecule has 0 spiro atoms. The van der Waals surface area contributed by atoms with Crippen LogP contribution in [-0.2, 0) is 11.3 Å². The summed E-state index contributed by atoms with van der Waals surface area (Å²) in [4.78, 5) is 14.3. The molecule has 2 atom stereocenters. The number of piperidine rings is 1. The van der Waals surface area contributed by atoms with Crippen LogP contribution in [0.5, 0.6) is 0 Å². The number of likely N-dealkylation sites (N-methyl/N-ethyl adjacent to an activating group) is 1. The lowest BCUT2D eigenvalue weighted by Gasteiger charge is -2.31. The van der Waals surface area contributed by atoms with Crippen LogP contribution in [0, 0.1) is 5.92 Å². The van der Waals surface area contributed by atoms with Crippen molar-refractivity contribution < 1.29 is 4.79 Å². The Hall–Kier alpha value is -0.390. The number of nitrogens with one attached hydrogen (secondary N) is 1. The number of halogens is 1. The molecule has 2 heterocycles. The molecule has 0 bridgehead atoms. The van der Waals surface area contributed by atoms with Gasteiger partial charge >= 0.3 is 0 Å². The van der Waals surface area contributed by atoms with Gasteiger partial charge in [0.15, 0.2) is 0 Å². The smallest absolute Gasteiger partial charge is 0.239 e. The first kappa shape index (κ1) is 15.0. The van der Waals surface area contributed by atoms with Crippen LogP contribution in [-0.4, -0.2) is 30.4 Å². The van der Waals surface area contributed by atoms with E-state index in [1.807, 2.05) is 11.9 Å². The summed E-state index contributed by atoms with van der Waals surface area (Å²) in [5, 5.41) is 5.45. The average molecular weight is 345 g/mol. The first-order valence-electron chi connectivity index (χ1n) is 6.81. The van der Waals surface area contributed by atoms with E-state index in [0.29, 0.717) is 12.5 Å². The summed E-state index contributed by atoms with van der Waals surface area (Å²) in [6.45, 7) is 3.87. The van der Waals surface area contributed by atoms with E-state index < -0.39 is 0 Å². The van der Waals surface area contributed by atoms with Crippen molar-refractivity contribution in [1.82, 2.24) is 10.2 Å². The van der Waals surface area contributed by atoms with Crippen LogP contribution in [0.2, 0.25) is 0 Å². The summed E-state index contributed by atoms with van der Waals surface area (Å²) in [5.41, 5.74) is 1.19. The Morgan fingerprint density at radius 1 is 1.63 bits per heavy atom. The molecule has 19 heavy (non-hydrogen) atoms. The zero-order valence-electron chi connectivity index (χ0n) is 11.5. The Kier molecular flexibility index (Phi) is 5.42. The zero-order chi connectivity index (χ0) is 13.8. The lowest BCUT2D eigenvalue weighted by molar-refractivity contribution is -0.133. The third-order valence-electron chi connectivity index (χ3n) is 3.81. The molecule has 1 aromatic rings. The first-order chi connectivity index (χ1) is 9.10. The number of thiophene rings is 1. The Bertz CT molecular complexity index is 435. The Morgan fingerprint density at radius 2 is 2.42 bits per heavy atom. The minimum absolute atomic E-state index is 0.00535. The molecule has 0 saturated carbocycles. The predicted octanol–water partition coefficient (Wildman–Crippen LogP) is 3.25. The van der Waals surface area contributed by atoms with Gasteiger partial charge in [-0.1, -0.05) is 13.3 Å². The fourth-order valence-electron chi connectivity index (χ4n) is 2.60. The summed E-state index contributed by atoms with van der Waals surface area (Å²) in [5.74, 6) is 0.916. The number of hydrogen-bond acceptors (Lipinski definition) is 3. The van der Waals surface area contributed by atoms with Crippen molar-refractivity contribution in [1.29, 1.82) is 0 Å². The summed E-state index contributed by atoms with van der Waals surface area (Å²) < 4.78 is 1.12. The van der Waals surface area contributed by atoms with Crippen molar-refractivity contribution >= 4 is 33.2 Å². The van der Waals surface area contributed by atoms with E-state index in [9.17, 15) is 4.79 Å². The standard InChI is InChI=1S/C14H21BrN2OS/c1-3-10-4-5-16-12(6-10)14(18)17(2)8-11-7-13(15)19-9-11/h7,9-10,12,16H,3-6,8H2,1-2H3. The monoisotopic (exact) mass is 344 g/mol. The molecule has 0 aliphatic carbocycles. The van der Waals surface area contributed by atoms with Crippen molar-refractivity contribution in [2.75, 3.05) is 13.6 Å². The quantitative estimate of drug-likeness (QED) is 0.909. The highest BCUT2D eigenvalue weighted by atomic mass is 79.9. The number of rotatable bonds is 4. The molecule has 2 rings (SSSR count). The van der Waals surface area contributed by atoms with Crippen LogP contribution >= 0.6 is 27.3 Å². The van der Waals surface area contributed by atoms with E-state index in [1.165, 1.54) is 18.4 Å². The van der Waals surface area contributed by atoms with Gasteiger partial charge in [0.05, 0.1) is 9.83 Å². The van der Waals surface area contributed by atoms with E-state index in [4.69, 9.17) is 0 Å². The molecule has 106 valence electrons. The van der Waals surface area contributed by atoms with Gasteiger partial charge < -0.3 is 10.2 Å². The second kappa shape index (κ2) is 6.86. The molecule has 1 saturated heterocycles. The van der Waals surface area contributed by atoms with Gasteiger partial charge in [-0.25, -0.2) is 0 Å². The summed E-state index contributed by atoms with van der Waals surface area (Å²) in [6, 6.07) is 2.09. The van der Waals surface area contributed by atoms with E-state index in [0.717, 1.165) is 16.8 Å². The molecule has 0 radical (unpaired) electrons. The second-order valence-electron chi connectivity index (χ2n) is 5.26. The number of carbonyl (C=O) groups is 1. The molecule has 1 amide bonds. The highest BCUT2D eigenvalue weighted by molar-refractivity contribution is 9.11. The summed E-state index contributed by atoms with van der Waals surface area (Å²) in [6.07, 6.45) is 3.35. The van der Waals surface area contributed by atoms with Gasteiger partial charge in [-0.15, -0.1) is 11.3 Å². The van der Waals surface area contributed by atoms with Gasteiger partial charge in [0, 0.05) is 13.6 Å². The fraction of sp³-hybridized carbons (Fsp3) is 0.643. The predicted molar refractivity (Wildman–Crippen MR) is 83.3 cm³/mol. The van der Waals surface area contributed by atoms with Crippen LogP contribution < -0.4 is 5.32 Å². The maximum atomic E-state index is 12.4. The maximum absolute atomic E-state index is 12.4.